The Labute approximate surface area is 225 Å². The van der Waals surface area contributed by atoms with Gasteiger partial charge in [-0.25, -0.2) is 9.18 Å². The van der Waals surface area contributed by atoms with Gasteiger partial charge in [-0.15, -0.1) is 0 Å². The van der Waals surface area contributed by atoms with Gasteiger partial charge in [0.2, 0.25) is 0 Å². The number of thioether (sulfide) groups is 1. The van der Waals surface area contributed by atoms with E-state index in [-0.39, 0.29) is 17.9 Å². The summed E-state index contributed by atoms with van der Waals surface area (Å²) in [5, 5.41) is 10.4. The monoisotopic (exact) mass is 525 g/mol. The quantitative estimate of drug-likeness (QED) is 0.383. The lowest BCUT2D eigenvalue weighted by Gasteiger charge is -2.41. The molecule has 1 aliphatic heterocycles. The number of nitrogens with zero attached hydrogens (tertiary/aromatic N) is 3. The molecule has 4 rings (SSSR count). The molecule has 3 unspecified atom stereocenters. The van der Waals surface area contributed by atoms with Crippen molar-refractivity contribution < 1.29 is 14.3 Å². The number of aliphatic carboxylic acids is 1. The van der Waals surface area contributed by atoms with Gasteiger partial charge in [0.15, 0.2) is 5.54 Å². The number of carboxylic acids is 1. The van der Waals surface area contributed by atoms with Crippen LogP contribution in [0, 0.1) is 17.7 Å². The highest BCUT2D eigenvalue weighted by Crippen LogP contribution is 2.43. The van der Waals surface area contributed by atoms with Gasteiger partial charge in [0, 0.05) is 12.6 Å². The molecule has 1 saturated carbocycles. The molecule has 1 N–H and O–H groups in total. The predicted octanol–water partition coefficient (Wildman–Crippen LogP) is 6.11. The summed E-state index contributed by atoms with van der Waals surface area (Å²) in [6.07, 6.45) is 9.40. The standard InChI is InChI=1S/C30H40FN3O2S/c1-33(2)28(25-10-7-11-26(31)19-25)24-14-12-22(13-15-24)18-27-30(29(35)36,16-17-37-3)32-21-34(27)20-23-8-5-4-6-9-23/h4-11,19,21-22,24,27-28H,12-18,20H2,1-3H3,(H,35,36). The van der Waals surface area contributed by atoms with Crippen molar-refractivity contribution in [3.63, 3.8) is 0 Å². The molecule has 2 aromatic carbocycles. The first-order chi connectivity index (χ1) is 17.8. The Balaban J connectivity index is 1.49. The largest absolute Gasteiger partial charge is 0.479 e. The molecule has 0 amide bonds. The number of aliphatic imine (C=N–C) groups is 1. The van der Waals surface area contributed by atoms with Crippen molar-refractivity contribution in [2.45, 2.75) is 62.7 Å². The average molecular weight is 526 g/mol. The normalized spacial score (nSPS) is 26.5. The maximum Gasteiger partial charge on any atom is 0.333 e. The second-order valence-corrected chi connectivity index (χ2v) is 11.9. The van der Waals surface area contributed by atoms with Gasteiger partial charge in [0.25, 0.3) is 0 Å². The molecule has 1 heterocycles. The topological polar surface area (TPSA) is 56.1 Å². The van der Waals surface area contributed by atoms with Crippen LogP contribution < -0.4 is 0 Å². The van der Waals surface area contributed by atoms with Crippen molar-refractivity contribution in [2.75, 3.05) is 26.1 Å². The van der Waals surface area contributed by atoms with Gasteiger partial charge >= 0.3 is 5.97 Å². The molecule has 3 atom stereocenters. The van der Waals surface area contributed by atoms with Crippen LogP contribution in [-0.4, -0.2) is 64.9 Å². The Morgan fingerprint density at radius 1 is 1.16 bits per heavy atom. The summed E-state index contributed by atoms with van der Waals surface area (Å²) in [5.41, 5.74) is 1.11. The second kappa shape index (κ2) is 12.4. The zero-order valence-electron chi connectivity index (χ0n) is 22.2. The molecule has 2 aliphatic rings. The van der Waals surface area contributed by atoms with Crippen LogP contribution in [0.25, 0.3) is 0 Å². The molecule has 2 aromatic rings. The van der Waals surface area contributed by atoms with Crippen LogP contribution in [0.5, 0.6) is 0 Å². The van der Waals surface area contributed by atoms with Crippen LogP contribution in [0.4, 0.5) is 4.39 Å². The fraction of sp³-hybridized carbons (Fsp3) is 0.533. The summed E-state index contributed by atoms with van der Waals surface area (Å²) in [6, 6.07) is 17.3. The van der Waals surface area contributed by atoms with Gasteiger partial charge in [-0.3, -0.25) is 4.99 Å². The summed E-state index contributed by atoms with van der Waals surface area (Å²) in [6.45, 7) is 0.668. The number of hydrogen-bond donors (Lipinski definition) is 1. The third kappa shape index (κ3) is 6.37. The first-order valence-electron chi connectivity index (χ1n) is 13.3. The van der Waals surface area contributed by atoms with Gasteiger partial charge in [-0.1, -0.05) is 55.3 Å². The molecule has 0 radical (unpaired) electrons. The average Bonchev–Trinajstić information content (AvgIpc) is 3.22. The van der Waals surface area contributed by atoms with Crippen LogP contribution in [0.15, 0.2) is 59.6 Å². The summed E-state index contributed by atoms with van der Waals surface area (Å²) in [7, 11) is 4.15. The zero-order valence-corrected chi connectivity index (χ0v) is 23.0. The highest BCUT2D eigenvalue weighted by molar-refractivity contribution is 7.98. The van der Waals surface area contributed by atoms with Crippen molar-refractivity contribution in [3.8, 4) is 0 Å². The lowest BCUT2D eigenvalue weighted by atomic mass is 9.72. The summed E-state index contributed by atoms with van der Waals surface area (Å²) >= 11 is 1.68. The fourth-order valence-electron chi connectivity index (χ4n) is 6.43. The van der Waals surface area contributed by atoms with E-state index in [4.69, 9.17) is 0 Å². The molecule has 1 aliphatic carbocycles. The minimum absolute atomic E-state index is 0.160. The van der Waals surface area contributed by atoms with Crippen LogP contribution in [0.3, 0.4) is 0 Å². The third-order valence-corrected chi connectivity index (χ3v) is 8.91. The number of halogens is 1. The van der Waals surface area contributed by atoms with Crippen molar-refractivity contribution in [1.29, 1.82) is 0 Å². The van der Waals surface area contributed by atoms with Gasteiger partial charge in [-0.05, 0) is 86.9 Å². The molecule has 7 heteroatoms. The SMILES string of the molecule is CSCCC1(C(=O)O)N=CN(Cc2ccccc2)C1CC1CCC(C(c2cccc(F)c2)N(C)C)CC1. The second-order valence-electron chi connectivity index (χ2n) is 10.9. The minimum atomic E-state index is -1.09. The van der Waals surface area contributed by atoms with E-state index < -0.39 is 11.5 Å². The molecule has 0 spiro atoms. The van der Waals surface area contributed by atoms with Gasteiger partial charge in [0.1, 0.15) is 5.82 Å². The molecule has 0 aromatic heterocycles. The van der Waals surface area contributed by atoms with Gasteiger partial charge in [-0.2, -0.15) is 11.8 Å². The molecule has 1 fully saturated rings. The number of carbonyl (C=O) groups is 1. The highest BCUT2D eigenvalue weighted by atomic mass is 32.2. The zero-order chi connectivity index (χ0) is 26.4. The molecule has 5 nitrogen and oxygen atoms in total. The molecular weight excluding hydrogens is 485 g/mol. The van der Waals surface area contributed by atoms with Crippen LogP contribution >= 0.6 is 11.8 Å². The van der Waals surface area contributed by atoms with E-state index in [1.54, 1.807) is 30.2 Å². The lowest BCUT2D eigenvalue weighted by molar-refractivity contribution is -0.145. The van der Waals surface area contributed by atoms with Crippen molar-refractivity contribution in [1.82, 2.24) is 9.80 Å². The van der Waals surface area contributed by atoms with E-state index in [1.165, 1.54) is 6.07 Å². The minimum Gasteiger partial charge on any atom is -0.479 e. The molecule has 0 bridgehead atoms. The Morgan fingerprint density at radius 3 is 2.51 bits per heavy atom. The first-order valence-corrected chi connectivity index (χ1v) is 14.7. The number of carboxylic acid groups (broad SMARTS) is 1. The van der Waals surface area contributed by atoms with E-state index in [9.17, 15) is 14.3 Å². The maximum absolute atomic E-state index is 14.0. The van der Waals surface area contributed by atoms with Crippen LogP contribution in [0.1, 0.15) is 55.7 Å². The number of benzene rings is 2. The molecule has 200 valence electrons. The van der Waals surface area contributed by atoms with Crippen LogP contribution in [0.2, 0.25) is 0 Å². The van der Waals surface area contributed by atoms with E-state index in [0.717, 1.165) is 49.0 Å². The Bertz CT molecular complexity index is 1060. The predicted molar refractivity (Wildman–Crippen MR) is 151 cm³/mol. The van der Waals surface area contributed by atoms with E-state index >= 15 is 0 Å². The Kier molecular flexibility index (Phi) is 9.30. The molecular formula is C30H40FN3O2S. The number of hydrogen-bond acceptors (Lipinski definition) is 5. The first kappa shape index (κ1) is 27.6. The third-order valence-electron chi connectivity index (χ3n) is 8.29. The van der Waals surface area contributed by atoms with Crippen molar-refractivity contribution in [3.05, 3.63) is 71.5 Å². The molecule has 37 heavy (non-hydrogen) atoms. The van der Waals surface area contributed by atoms with E-state index in [0.29, 0.717) is 24.8 Å². The number of rotatable bonds is 11. The van der Waals surface area contributed by atoms with E-state index in [1.807, 2.05) is 30.5 Å². The van der Waals surface area contributed by atoms with Crippen molar-refractivity contribution >= 4 is 24.1 Å². The van der Waals surface area contributed by atoms with Gasteiger partial charge < -0.3 is 14.9 Å². The van der Waals surface area contributed by atoms with Gasteiger partial charge in [0.05, 0.1) is 12.4 Å². The fourth-order valence-corrected chi connectivity index (χ4v) is 6.94. The summed E-state index contributed by atoms with van der Waals surface area (Å²) < 4.78 is 14.0. The van der Waals surface area contributed by atoms with Crippen molar-refractivity contribution in [2.24, 2.45) is 16.8 Å². The van der Waals surface area contributed by atoms with E-state index in [2.05, 4.69) is 41.0 Å². The maximum atomic E-state index is 14.0. The summed E-state index contributed by atoms with van der Waals surface area (Å²) in [4.78, 5) is 21.8. The Hall–Kier alpha value is -2.38. The highest BCUT2D eigenvalue weighted by Gasteiger charge is 2.51. The molecule has 0 saturated heterocycles. The summed E-state index contributed by atoms with van der Waals surface area (Å²) in [5.74, 6) is 0.668. The van der Waals surface area contributed by atoms with Crippen LogP contribution in [-0.2, 0) is 11.3 Å². The smallest absolute Gasteiger partial charge is 0.333 e. The Morgan fingerprint density at radius 2 is 1.89 bits per heavy atom. The lowest BCUT2D eigenvalue weighted by Crippen LogP contribution is -2.52.